The summed E-state index contributed by atoms with van der Waals surface area (Å²) in [5, 5.41) is 9.02. The predicted molar refractivity (Wildman–Crippen MR) is 94.1 cm³/mol. The number of carbonyl (C=O) groups is 2. The number of carboxylic acid groups (broad SMARTS) is 1. The van der Waals surface area contributed by atoms with Crippen LogP contribution in [0, 0.1) is 0 Å². The first-order chi connectivity index (χ1) is 12.6. The Bertz CT molecular complexity index is 661. The Morgan fingerprint density at radius 3 is 2.37 bits per heavy atom. The summed E-state index contributed by atoms with van der Waals surface area (Å²) >= 11 is 0. The summed E-state index contributed by atoms with van der Waals surface area (Å²) in [6.07, 6.45) is -2.21. The number of carbonyl (C=O) groups excluding carboxylic acids is 1. The van der Waals surface area contributed by atoms with Gasteiger partial charge in [-0.2, -0.15) is 13.2 Å². The lowest BCUT2D eigenvalue weighted by Crippen LogP contribution is -2.42. The van der Waals surface area contributed by atoms with E-state index in [1.807, 2.05) is 6.92 Å². The Kier molecular flexibility index (Phi) is 6.86. The largest absolute Gasteiger partial charge is 0.480 e. The molecule has 1 aliphatic rings. The van der Waals surface area contributed by atoms with Gasteiger partial charge in [0.25, 0.3) is 0 Å². The molecule has 1 N–H and O–H groups in total. The molecule has 1 amide bonds. The van der Waals surface area contributed by atoms with Crippen LogP contribution in [-0.2, 0) is 15.8 Å². The van der Waals surface area contributed by atoms with E-state index in [4.69, 9.17) is 5.11 Å². The van der Waals surface area contributed by atoms with Gasteiger partial charge < -0.3 is 10.0 Å². The van der Waals surface area contributed by atoms with Gasteiger partial charge in [-0.1, -0.05) is 12.1 Å². The second-order valence-electron chi connectivity index (χ2n) is 6.96. The average Bonchev–Trinajstić information content (AvgIpc) is 2.84. The van der Waals surface area contributed by atoms with E-state index in [0.29, 0.717) is 19.4 Å². The van der Waals surface area contributed by atoms with Crippen LogP contribution in [0.5, 0.6) is 0 Å². The molecule has 8 heteroatoms. The van der Waals surface area contributed by atoms with Crippen molar-refractivity contribution in [3.63, 3.8) is 0 Å². The highest BCUT2D eigenvalue weighted by atomic mass is 19.4. The van der Waals surface area contributed by atoms with Gasteiger partial charge in [0.1, 0.15) is 6.54 Å². The summed E-state index contributed by atoms with van der Waals surface area (Å²) in [6.45, 7) is 4.40. The highest BCUT2D eigenvalue weighted by Gasteiger charge is 2.31. The quantitative estimate of drug-likeness (QED) is 0.841. The summed E-state index contributed by atoms with van der Waals surface area (Å²) in [4.78, 5) is 26.4. The molecule has 0 radical (unpaired) electrons. The van der Waals surface area contributed by atoms with Crippen LogP contribution < -0.4 is 0 Å². The molecule has 2 atom stereocenters. The minimum Gasteiger partial charge on any atom is -0.480 e. The third kappa shape index (κ3) is 5.69. The monoisotopic (exact) mass is 386 g/mol. The standard InChI is InChI=1S/C19H25F3N2O3/c1-13(15-5-7-16(8-6-15)19(20,21)22)23-10-3-4-17(9-11-23)24(14(2)25)12-18(26)27/h5-8,13,17H,3-4,9-12H2,1-2H3,(H,26,27). The van der Waals surface area contributed by atoms with E-state index < -0.39 is 17.7 Å². The van der Waals surface area contributed by atoms with Crippen molar-refractivity contribution in [3.05, 3.63) is 35.4 Å². The van der Waals surface area contributed by atoms with Crippen molar-refractivity contribution in [2.24, 2.45) is 0 Å². The van der Waals surface area contributed by atoms with Gasteiger partial charge in [-0.15, -0.1) is 0 Å². The van der Waals surface area contributed by atoms with Gasteiger partial charge in [-0.3, -0.25) is 14.5 Å². The number of amides is 1. The second kappa shape index (κ2) is 8.73. The fourth-order valence-corrected chi connectivity index (χ4v) is 3.60. The zero-order chi connectivity index (χ0) is 20.2. The van der Waals surface area contributed by atoms with Crippen LogP contribution in [0.25, 0.3) is 0 Å². The summed E-state index contributed by atoms with van der Waals surface area (Å²) in [6, 6.07) is 5.00. The molecule has 1 aromatic rings. The molecule has 0 bridgehead atoms. The van der Waals surface area contributed by atoms with Crippen LogP contribution in [0.15, 0.2) is 24.3 Å². The fourth-order valence-electron chi connectivity index (χ4n) is 3.60. The van der Waals surface area contributed by atoms with Gasteiger partial charge in [-0.25, -0.2) is 0 Å². The molecule has 1 heterocycles. The minimum atomic E-state index is -4.35. The lowest BCUT2D eigenvalue weighted by Gasteiger charge is -2.30. The lowest BCUT2D eigenvalue weighted by atomic mass is 10.0. The van der Waals surface area contributed by atoms with Gasteiger partial charge in [0.2, 0.25) is 5.91 Å². The van der Waals surface area contributed by atoms with Crippen LogP contribution in [0.4, 0.5) is 13.2 Å². The summed E-state index contributed by atoms with van der Waals surface area (Å²) in [7, 11) is 0. The number of aliphatic carboxylic acids is 1. The number of hydrogen-bond donors (Lipinski definition) is 1. The smallest absolute Gasteiger partial charge is 0.416 e. The van der Waals surface area contributed by atoms with Crippen LogP contribution >= 0.6 is 0 Å². The topological polar surface area (TPSA) is 60.9 Å². The van der Waals surface area contributed by atoms with Crippen LogP contribution in [0.1, 0.15) is 50.3 Å². The van der Waals surface area contributed by atoms with Crippen LogP contribution in [-0.4, -0.2) is 52.5 Å². The molecule has 0 saturated carbocycles. The maximum absolute atomic E-state index is 12.7. The van der Waals surface area contributed by atoms with Gasteiger partial charge >= 0.3 is 12.1 Å². The maximum Gasteiger partial charge on any atom is 0.416 e. The number of hydrogen-bond acceptors (Lipinski definition) is 3. The zero-order valence-corrected chi connectivity index (χ0v) is 15.5. The van der Waals surface area contributed by atoms with E-state index >= 15 is 0 Å². The molecule has 0 aromatic heterocycles. The first kappa shape index (κ1) is 21.2. The highest BCUT2D eigenvalue weighted by molar-refractivity contribution is 5.79. The van der Waals surface area contributed by atoms with Crippen molar-refractivity contribution >= 4 is 11.9 Å². The van der Waals surface area contributed by atoms with Crippen LogP contribution in [0.3, 0.4) is 0 Å². The first-order valence-corrected chi connectivity index (χ1v) is 8.99. The number of carboxylic acids is 1. The number of likely N-dealkylation sites (tertiary alicyclic amines) is 1. The van der Waals surface area contributed by atoms with Crippen molar-refractivity contribution in [3.8, 4) is 0 Å². The lowest BCUT2D eigenvalue weighted by molar-refractivity contribution is -0.145. The van der Waals surface area contributed by atoms with Crippen molar-refractivity contribution in [2.75, 3.05) is 19.6 Å². The molecule has 150 valence electrons. The molecule has 27 heavy (non-hydrogen) atoms. The van der Waals surface area contributed by atoms with Crippen LogP contribution in [0.2, 0.25) is 0 Å². The molecule has 2 unspecified atom stereocenters. The fraction of sp³-hybridized carbons (Fsp3) is 0.579. The summed E-state index contributed by atoms with van der Waals surface area (Å²) in [5.41, 5.74) is 0.135. The molecular formula is C19H25F3N2O3. The van der Waals surface area contributed by atoms with Gasteiger partial charge in [0.15, 0.2) is 0 Å². The van der Waals surface area contributed by atoms with Crippen molar-refractivity contribution < 1.29 is 27.9 Å². The number of alkyl halides is 3. The van der Waals surface area contributed by atoms with E-state index in [1.54, 1.807) is 0 Å². The molecule has 5 nitrogen and oxygen atoms in total. The van der Waals surface area contributed by atoms with E-state index in [0.717, 1.165) is 30.7 Å². The normalized spacial score (nSPS) is 20.0. The summed E-state index contributed by atoms with van der Waals surface area (Å²) in [5.74, 6) is -1.30. The molecule has 0 spiro atoms. The Labute approximate surface area is 156 Å². The molecule has 1 aromatic carbocycles. The highest BCUT2D eigenvalue weighted by Crippen LogP contribution is 2.31. The number of rotatable bonds is 5. The predicted octanol–water partition coefficient (Wildman–Crippen LogP) is 3.55. The molecule has 1 fully saturated rings. The SMILES string of the molecule is CC(=O)N(CC(=O)O)C1CCCN(C(C)c2ccc(C(F)(F)F)cc2)CC1. The Hall–Kier alpha value is -2.09. The van der Waals surface area contributed by atoms with Gasteiger partial charge in [0, 0.05) is 25.6 Å². The zero-order valence-electron chi connectivity index (χ0n) is 15.5. The third-order valence-electron chi connectivity index (χ3n) is 5.15. The maximum atomic E-state index is 12.7. The minimum absolute atomic E-state index is 0.0590. The van der Waals surface area contributed by atoms with Crippen molar-refractivity contribution in [1.82, 2.24) is 9.80 Å². The van der Waals surface area contributed by atoms with E-state index in [9.17, 15) is 22.8 Å². The molecule has 1 aliphatic heterocycles. The van der Waals surface area contributed by atoms with E-state index in [2.05, 4.69) is 4.90 Å². The van der Waals surface area contributed by atoms with E-state index in [-0.39, 0.29) is 24.5 Å². The Morgan fingerprint density at radius 2 is 1.85 bits per heavy atom. The Balaban J connectivity index is 2.04. The van der Waals surface area contributed by atoms with E-state index in [1.165, 1.54) is 24.0 Å². The van der Waals surface area contributed by atoms with Crippen molar-refractivity contribution in [1.29, 1.82) is 0 Å². The average molecular weight is 386 g/mol. The molecular weight excluding hydrogens is 361 g/mol. The van der Waals surface area contributed by atoms with Crippen molar-refractivity contribution in [2.45, 2.75) is 51.4 Å². The van der Waals surface area contributed by atoms with Gasteiger partial charge in [-0.05, 0) is 50.4 Å². The molecule has 0 aliphatic carbocycles. The summed E-state index contributed by atoms with van der Waals surface area (Å²) < 4.78 is 38.2. The molecule has 2 rings (SSSR count). The van der Waals surface area contributed by atoms with Gasteiger partial charge in [0.05, 0.1) is 5.56 Å². The molecule has 1 saturated heterocycles. The third-order valence-corrected chi connectivity index (χ3v) is 5.15. The number of halogens is 3. The number of nitrogens with zero attached hydrogens (tertiary/aromatic N) is 2. The number of benzene rings is 1. The second-order valence-corrected chi connectivity index (χ2v) is 6.96. The Morgan fingerprint density at radius 1 is 1.22 bits per heavy atom. The first-order valence-electron chi connectivity index (χ1n) is 8.99.